The molecule has 1 unspecified atom stereocenters. The second kappa shape index (κ2) is 5.80. The first kappa shape index (κ1) is 12.1. The predicted molar refractivity (Wildman–Crippen MR) is 55.1 cm³/mol. The summed E-state index contributed by atoms with van der Waals surface area (Å²) in [6, 6.07) is 1.49. The van der Waals surface area contributed by atoms with Gasteiger partial charge in [0.2, 0.25) is 0 Å². The molecule has 0 saturated carbocycles. The zero-order valence-corrected chi connectivity index (χ0v) is 9.00. The molecule has 82 valence electrons. The zero-order chi connectivity index (χ0) is 11.3. The van der Waals surface area contributed by atoms with Gasteiger partial charge < -0.3 is 9.47 Å². The van der Waals surface area contributed by atoms with Gasteiger partial charge in [0.05, 0.1) is 0 Å². The van der Waals surface area contributed by atoms with Crippen molar-refractivity contribution < 1.29 is 13.9 Å². The van der Waals surface area contributed by atoms with Gasteiger partial charge in [0, 0.05) is 18.9 Å². The summed E-state index contributed by atoms with van der Waals surface area (Å²) in [6.07, 6.45) is 2.28. The molecule has 1 heterocycles. The molecule has 1 aromatic rings. The number of pyridine rings is 1. The smallest absolute Gasteiger partial charge is 0.166 e. The van der Waals surface area contributed by atoms with Crippen molar-refractivity contribution in [1.29, 1.82) is 0 Å². The fourth-order valence-corrected chi connectivity index (χ4v) is 1.24. The molecular weight excluding hydrogens is 221 g/mol. The molecule has 0 spiro atoms. The van der Waals surface area contributed by atoms with Crippen LogP contribution in [0, 0.1) is 5.82 Å². The monoisotopic (exact) mass is 231 g/mol. The molecule has 0 fully saturated rings. The van der Waals surface area contributed by atoms with Crippen LogP contribution in [0.1, 0.15) is 11.7 Å². The van der Waals surface area contributed by atoms with E-state index in [1.165, 1.54) is 25.4 Å². The quantitative estimate of drug-likeness (QED) is 0.444. The topological polar surface area (TPSA) is 31.4 Å². The number of hydrogen-bond acceptors (Lipinski definition) is 3. The molecule has 0 amide bonds. The van der Waals surface area contributed by atoms with Crippen LogP contribution in [0.3, 0.4) is 0 Å². The van der Waals surface area contributed by atoms with E-state index in [9.17, 15) is 4.39 Å². The average Bonchev–Trinajstić information content (AvgIpc) is 2.25. The molecule has 3 nitrogen and oxygen atoms in total. The van der Waals surface area contributed by atoms with E-state index in [4.69, 9.17) is 21.1 Å². The van der Waals surface area contributed by atoms with Gasteiger partial charge in [0.1, 0.15) is 12.9 Å². The summed E-state index contributed by atoms with van der Waals surface area (Å²) in [6.45, 7) is 3.60. The van der Waals surface area contributed by atoms with Gasteiger partial charge in [-0.05, 0) is 6.07 Å². The maximum absolute atomic E-state index is 13.5. The summed E-state index contributed by atoms with van der Waals surface area (Å²) in [5, 5.41) is -0.180. The number of ether oxygens (including phenoxy) is 2. The Balaban J connectivity index is 2.91. The fraction of sp³-hybridized carbons (Fsp3) is 0.300. The molecular formula is C10H11ClFNO2. The molecule has 0 aliphatic carbocycles. The summed E-state index contributed by atoms with van der Waals surface area (Å²) >= 11 is 5.54. The van der Waals surface area contributed by atoms with Crippen molar-refractivity contribution in [2.45, 2.75) is 6.10 Å². The maximum atomic E-state index is 13.5. The SMILES string of the molecule is C=CC(OCOC)c1ccnc(Cl)c1F. The van der Waals surface area contributed by atoms with Crippen molar-refractivity contribution in [3.05, 3.63) is 41.5 Å². The molecule has 0 saturated heterocycles. The van der Waals surface area contributed by atoms with E-state index in [1.54, 1.807) is 0 Å². The van der Waals surface area contributed by atoms with E-state index in [0.717, 1.165) is 0 Å². The molecule has 1 atom stereocenters. The predicted octanol–water partition coefficient (Wildman–Crippen LogP) is 2.72. The third kappa shape index (κ3) is 2.99. The van der Waals surface area contributed by atoms with Crippen LogP contribution in [0.2, 0.25) is 5.15 Å². The van der Waals surface area contributed by atoms with Gasteiger partial charge in [-0.15, -0.1) is 6.58 Å². The summed E-state index contributed by atoms with van der Waals surface area (Å²) in [5.41, 5.74) is 0.294. The van der Waals surface area contributed by atoms with Crippen LogP contribution in [0.4, 0.5) is 4.39 Å². The van der Waals surface area contributed by atoms with Crippen molar-refractivity contribution in [3.63, 3.8) is 0 Å². The molecule has 0 N–H and O–H groups in total. The van der Waals surface area contributed by atoms with Gasteiger partial charge in [0.15, 0.2) is 11.0 Å². The second-order valence-corrected chi connectivity index (χ2v) is 3.09. The Kier molecular flexibility index (Phi) is 4.68. The van der Waals surface area contributed by atoms with Crippen molar-refractivity contribution in [1.82, 2.24) is 4.98 Å². The van der Waals surface area contributed by atoms with E-state index in [0.29, 0.717) is 5.56 Å². The molecule has 0 aromatic carbocycles. The number of rotatable bonds is 5. The Morgan fingerprint density at radius 1 is 1.73 bits per heavy atom. The first-order valence-corrected chi connectivity index (χ1v) is 4.61. The maximum Gasteiger partial charge on any atom is 0.166 e. The van der Waals surface area contributed by atoms with Gasteiger partial charge >= 0.3 is 0 Å². The van der Waals surface area contributed by atoms with Crippen molar-refractivity contribution in [3.8, 4) is 0 Å². The van der Waals surface area contributed by atoms with E-state index in [2.05, 4.69) is 11.6 Å². The third-order valence-corrected chi connectivity index (χ3v) is 2.03. The van der Waals surface area contributed by atoms with Crippen LogP contribution in [0.5, 0.6) is 0 Å². The van der Waals surface area contributed by atoms with Crippen molar-refractivity contribution in [2.24, 2.45) is 0 Å². The van der Waals surface area contributed by atoms with E-state index in [1.807, 2.05) is 0 Å². The minimum Gasteiger partial charge on any atom is -0.359 e. The van der Waals surface area contributed by atoms with Crippen LogP contribution in [-0.2, 0) is 9.47 Å². The number of halogens is 2. The number of nitrogens with zero attached hydrogens (tertiary/aromatic N) is 1. The minimum absolute atomic E-state index is 0.0517. The van der Waals surface area contributed by atoms with Gasteiger partial charge in [0.25, 0.3) is 0 Å². The molecule has 15 heavy (non-hydrogen) atoms. The molecule has 0 aliphatic heterocycles. The lowest BCUT2D eigenvalue weighted by atomic mass is 10.1. The Bertz CT molecular complexity index is 346. The highest BCUT2D eigenvalue weighted by Gasteiger charge is 2.15. The number of hydrogen-bond donors (Lipinski definition) is 0. The minimum atomic E-state index is -0.597. The fourth-order valence-electron chi connectivity index (χ4n) is 1.08. The van der Waals surface area contributed by atoms with E-state index < -0.39 is 11.9 Å². The highest BCUT2D eigenvalue weighted by atomic mass is 35.5. The lowest BCUT2D eigenvalue weighted by molar-refractivity contribution is -0.0574. The van der Waals surface area contributed by atoms with Crippen molar-refractivity contribution in [2.75, 3.05) is 13.9 Å². The molecule has 1 aromatic heterocycles. The van der Waals surface area contributed by atoms with Crippen LogP contribution in [0.15, 0.2) is 24.9 Å². The largest absolute Gasteiger partial charge is 0.359 e. The third-order valence-electron chi connectivity index (χ3n) is 1.76. The van der Waals surface area contributed by atoms with Gasteiger partial charge in [-0.2, -0.15) is 0 Å². The summed E-state index contributed by atoms with van der Waals surface area (Å²) in [5.74, 6) is -0.597. The number of methoxy groups -OCH3 is 1. The lowest BCUT2D eigenvalue weighted by Crippen LogP contribution is -2.06. The summed E-state index contributed by atoms with van der Waals surface area (Å²) in [7, 11) is 1.48. The standard InChI is InChI=1S/C10H11ClFNO2/c1-3-8(15-6-14-2)7-4-5-13-10(11)9(7)12/h3-5,8H,1,6H2,2H3. The summed E-state index contributed by atoms with van der Waals surface area (Å²) in [4.78, 5) is 3.61. The lowest BCUT2D eigenvalue weighted by Gasteiger charge is -2.14. The Labute approximate surface area is 92.5 Å². The normalized spacial score (nSPS) is 12.5. The Hall–Kier alpha value is -0.970. The van der Waals surface area contributed by atoms with Crippen LogP contribution < -0.4 is 0 Å². The Morgan fingerprint density at radius 2 is 2.47 bits per heavy atom. The van der Waals surface area contributed by atoms with Gasteiger partial charge in [-0.25, -0.2) is 9.37 Å². The first-order valence-electron chi connectivity index (χ1n) is 4.23. The number of aromatic nitrogens is 1. The van der Waals surface area contributed by atoms with E-state index >= 15 is 0 Å². The van der Waals surface area contributed by atoms with Crippen LogP contribution >= 0.6 is 11.6 Å². The molecule has 0 bridgehead atoms. The highest BCUT2D eigenvalue weighted by Crippen LogP contribution is 2.24. The van der Waals surface area contributed by atoms with Crippen LogP contribution in [0.25, 0.3) is 0 Å². The molecule has 1 rings (SSSR count). The molecule has 5 heteroatoms. The van der Waals surface area contributed by atoms with Crippen molar-refractivity contribution >= 4 is 11.6 Å². The summed E-state index contributed by atoms with van der Waals surface area (Å²) < 4.78 is 23.4. The zero-order valence-electron chi connectivity index (χ0n) is 8.24. The van der Waals surface area contributed by atoms with E-state index in [-0.39, 0.29) is 11.9 Å². The average molecular weight is 232 g/mol. The van der Waals surface area contributed by atoms with Gasteiger partial charge in [-0.3, -0.25) is 0 Å². The Morgan fingerprint density at radius 3 is 3.07 bits per heavy atom. The second-order valence-electron chi connectivity index (χ2n) is 2.73. The molecule has 0 aliphatic rings. The first-order chi connectivity index (χ1) is 7.20. The van der Waals surface area contributed by atoms with Gasteiger partial charge in [-0.1, -0.05) is 17.7 Å². The molecule has 0 radical (unpaired) electrons. The van der Waals surface area contributed by atoms with Crippen LogP contribution in [-0.4, -0.2) is 18.9 Å². The highest BCUT2D eigenvalue weighted by molar-refractivity contribution is 6.29.